The molecular formula is C28H22F6. The smallest absolute Gasteiger partial charge is 0.206 e. The lowest BCUT2D eigenvalue weighted by Crippen LogP contribution is -2.11. The molecule has 0 bridgehead atoms. The summed E-state index contributed by atoms with van der Waals surface area (Å²) in [6.45, 7) is 2.02. The van der Waals surface area contributed by atoms with E-state index in [1.165, 1.54) is 24.3 Å². The van der Waals surface area contributed by atoms with Crippen LogP contribution in [0.4, 0.5) is 26.3 Å². The summed E-state index contributed by atoms with van der Waals surface area (Å²) in [7, 11) is 0. The van der Waals surface area contributed by atoms with Gasteiger partial charge in [-0.1, -0.05) is 42.2 Å². The molecule has 4 rings (SSSR count). The molecule has 1 aliphatic carbocycles. The average molecular weight is 472 g/mol. The molecule has 1 fully saturated rings. The van der Waals surface area contributed by atoms with Gasteiger partial charge in [0.25, 0.3) is 0 Å². The van der Waals surface area contributed by atoms with Crippen LogP contribution in [0.5, 0.6) is 0 Å². The first-order chi connectivity index (χ1) is 16.2. The predicted molar refractivity (Wildman–Crippen MR) is 121 cm³/mol. The van der Waals surface area contributed by atoms with E-state index in [1.807, 2.05) is 6.92 Å². The topological polar surface area (TPSA) is 0 Å². The fourth-order valence-electron chi connectivity index (χ4n) is 4.50. The largest absolute Gasteiger partial charge is 0.422 e. The van der Waals surface area contributed by atoms with Gasteiger partial charge in [-0.15, -0.1) is 0 Å². The number of halogens is 6. The molecule has 1 aliphatic rings. The van der Waals surface area contributed by atoms with E-state index in [-0.39, 0.29) is 22.3 Å². The summed E-state index contributed by atoms with van der Waals surface area (Å²) in [5.74, 6) is 3.17. The maximum Gasteiger partial charge on any atom is 0.422 e. The van der Waals surface area contributed by atoms with E-state index in [9.17, 15) is 26.3 Å². The quantitative estimate of drug-likeness (QED) is 0.199. The molecule has 0 heterocycles. The molecule has 0 aromatic heterocycles. The highest BCUT2D eigenvalue weighted by atomic mass is 19.4. The average Bonchev–Trinajstić information content (AvgIpc) is 2.77. The molecule has 0 atom stereocenters. The van der Waals surface area contributed by atoms with Gasteiger partial charge in [0.1, 0.15) is 23.0 Å². The molecule has 3 aromatic carbocycles. The standard InChI is InChI=1S/C28H22F6/c1-2-3-17-4-6-18(7-5-17)8-9-19-10-12-22(24(29)14-19)20-11-13-23-21(15-20)16-25(30)26(27(23)31)28(32,33)34/h2-3,10-18H,4-7H2,1H3/b3-2+. The molecule has 0 radical (unpaired) electrons. The lowest BCUT2D eigenvalue weighted by atomic mass is 9.82. The Hall–Kier alpha value is -3.20. The minimum Gasteiger partial charge on any atom is -0.206 e. The van der Waals surface area contributed by atoms with Gasteiger partial charge in [-0.05, 0) is 73.7 Å². The van der Waals surface area contributed by atoms with E-state index in [4.69, 9.17) is 0 Å². The van der Waals surface area contributed by atoms with Crippen molar-refractivity contribution in [3.05, 3.63) is 83.2 Å². The van der Waals surface area contributed by atoms with Gasteiger partial charge < -0.3 is 0 Å². The number of alkyl halides is 3. The van der Waals surface area contributed by atoms with Crippen LogP contribution in [0.25, 0.3) is 21.9 Å². The third kappa shape index (κ3) is 4.99. The highest BCUT2D eigenvalue weighted by Crippen LogP contribution is 2.38. The van der Waals surface area contributed by atoms with Crippen LogP contribution in [0.2, 0.25) is 0 Å². The van der Waals surface area contributed by atoms with Gasteiger partial charge in [0.05, 0.1) is 0 Å². The molecule has 0 aliphatic heterocycles. The SMILES string of the molecule is C/C=C/C1CCC(C#Cc2ccc(-c3ccc4c(F)c(C(F)(F)F)c(F)cc4c3)c(F)c2)CC1. The lowest BCUT2D eigenvalue weighted by Gasteiger charge is -2.22. The first-order valence-electron chi connectivity index (χ1n) is 11.1. The van der Waals surface area contributed by atoms with Gasteiger partial charge in [0.2, 0.25) is 0 Å². The Labute approximate surface area is 194 Å². The van der Waals surface area contributed by atoms with Gasteiger partial charge in [0, 0.05) is 22.4 Å². The fourth-order valence-corrected chi connectivity index (χ4v) is 4.50. The van der Waals surface area contributed by atoms with Crippen molar-refractivity contribution in [1.29, 1.82) is 0 Å². The zero-order valence-electron chi connectivity index (χ0n) is 18.4. The Morgan fingerprint density at radius 3 is 2.26 bits per heavy atom. The highest BCUT2D eigenvalue weighted by molar-refractivity contribution is 5.88. The van der Waals surface area contributed by atoms with E-state index >= 15 is 0 Å². The summed E-state index contributed by atoms with van der Waals surface area (Å²) >= 11 is 0. The van der Waals surface area contributed by atoms with Crippen molar-refractivity contribution in [1.82, 2.24) is 0 Å². The van der Waals surface area contributed by atoms with Crippen molar-refractivity contribution in [3.8, 4) is 23.0 Å². The number of hydrogen-bond acceptors (Lipinski definition) is 0. The van der Waals surface area contributed by atoms with Crippen LogP contribution in [-0.2, 0) is 6.18 Å². The van der Waals surface area contributed by atoms with Crippen molar-refractivity contribution >= 4 is 10.8 Å². The number of rotatable bonds is 2. The highest BCUT2D eigenvalue weighted by Gasteiger charge is 2.38. The van der Waals surface area contributed by atoms with Crippen molar-refractivity contribution < 1.29 is 26.3 Å². The number of allylic oxidation sites excluding steroid dienone is 2. The maximum absolute atomic E-state index is 14.8. The summed E-state index contributed by atoms with van der Waals surface area (Å²) in [6.07, 6.45) is 3.32. The van der Waals surface area contributed by atoms with Crippen LogP contribution in [0, 0.1) is 41.1 Å². The van der Waals surface area contributed by atoms with E-state index in [0.29, 0.717) is 23.1 Å². The monoisotopic (exact) mass is 472 g/mol. The Kier molecular flexibility index (Phi) is 6.74. The van der Waals surface area contributed by atoms with Gasteiger partial charge >= 0.3 is 6.18 Å². The molecule has 176 valence electrons. The molecule has 3 aromatic rings. The third-order valence-corrected chi connectivity index (χ3v) is 6.25. The Balaban J connectivity index is 1.58. The van der Waals surface area contributed by atoms with Crippen molar-refractivity contribution in [2.45, 2.75) is 38.8 Å². The molecule has 1 saturated carbocycles. The Morgan fingerprint density at radius 2 is 1.62 bits per heavy atom. The van der Waals surface area contributed by atoms with Crippen LogP contribution in [0.1, 0.15) is 43.7 Å². The normalized spacial score (nSPS) is 18.8. The van der Waals surface area contributed by atoms with Crippen LogP contribution in [0.3, 0.4) is 0 Å². The first-order valence-corrected chi connectivity index (χ1v) is 11.1. The van der Waals surface area contributed by atoms with Gasteiger partial charge in [-0.25, -0.2) is 13.2 Å². The van der Waals surface area contributed by atoms with Crippen LogP contribution >= 0.6 is 0 Å². The van der Waals surface area contributed by atoms with E-state index < -0.39 is 29.2 Å². The number of benzene rings is 3. The second-order valence-electron chi connectivity index (χ2n) is 8.58. The third-order valence-electron chi connectivity index (χ3n) is 6.25. The van der Waals surface area contributed by atoms with Crippen LogP contribution in [-0.4, -0.2) is 0 Å². The minimum absolute atomic E-state index is 0.0858. The number of hydrogen-bond donors (Lipinski definition) is 0. The lowest BCUT2D eigenvalue weighted by molar-refractivity contribution is -0.142. The van der Waals surface area contributed by atoms with Gasteiger partial charge in [-0.2, -0.15) is 13.2 Å². The summed E-state index contributed by atoms with van der Waals surface area (Å²) in [5, 5.41) is -0.471. The molecule has 6 heteroatoms. The molecular weight excluding hydrogens is 450 g/mol. The van der Waals surface area contributed by atoms with E-state index in [1.54, 1.807) is 6.07 Å². The summed E-state index contributed by atoms with van der Waals surface area (Å²) in [4.78, 5) is 0. The second-order valence-corrected chi connectivity index (χ2v) is 8.58. The Bertz CT molecular complexity index is 1300. The molecule has 0 unspecified atom stereocenters. The molecule has 0 saturated heterocycles. The van der Waals surface area contributed by atoms with E-state index in [0.717, 1.165) is 31.7 Å². The molecule has 0 nitrogen and oxygen atoms in total. The van der Waals surface area contributed by atoms with Crippen LogP contribution < -0.4 is 0 Å². The zero-order valence-corrected chi connectivity index (χ0v) is 18.4. The fraction of sp³-hybridized carbons (Fsp3) is 0.286. The molecule has 0 spiro atoms. The molecule has 34 heavy (non-hydrogen) atoms. The predicted octanol–water partition coefficient (Wildman–Crippen LogP) is 8.68. The maximum atomic E-state index is 14.8. The summed E-state index contributed by atoms with van der Waals surface area (Å²) in [6, 6.07) is 8.78. The van der Waals surface area contributed by atoms with E-state index in [2.05, 4.69) is 24.0 Å². The Morgan fingerprint density at radius 1 is 0.882 bits per heavy atom. The second kappa shape index (κ2) is 9.58. The minimum atomic E-state index is -5.16. The van der Waals surface area contributed by atoms with Crippen molar-refractivity contribution in [2.75, 3.05) is 0 Å². The summed E-state index contributed by atoms with van der Waals surface area (Å²) in [5.41, 5.74) is -0.952. The van der Waals surface area contributed by atoms with Crippen LogP contribution in [0.15, 0.2) is 54.6 Å². The van der Waals surface area contributed by atoms with Crippen molar-refractivity contribution in [2.24, 2.45) is 11.8 Å². The first kappa shape index (κ1) is 23.9. The number of fused-ring (bicyclic) bond motifs is 1. The summed E-state index contributed by atoms with van der Waals surface area (Å²) < 4.78 is 82.0. The zero-order chi connectivity index (χ0) is 24.5. The van der Waals surface area contributed by atoms with Crippen molar-refractivity contribution in [3.63, 3.8) is 0 Å². The molecule has 0 N–H and O–H groups in total. The van der Waals surface area contributed by atoms with Gasteiger partial charge in [0.15, 0.2) is 0 Å². The molecule has 0 amide bonds. The van der Waals surface area contributed by atoms with Gasteiger partial charge in [-0.3, -0.25) is 0 Å².